The van der Waals surface area contributed by atoms with Crippen LogP contribution in [0.25, 0.3) is 0 Å². The van der Waals surface area contributed by atoms with Gasteiger partial charge in [0, 0.05) is 5.69 Å². The third-order valence-electron chi connectivity index (χ3n) is 3.58. The van der Waals surface area contributed by atoms with E-state index in [9.17, 15) is 0 Å². The molecule has 0 aliphatic rings. The third kappa shape index (κ3) is 5.57. The van der Waals surface area contributed by atoms with Crippen LogP contribution in [-0.4, -0.2) is 17.8 Å². The van der Waals surface area contributed by atoms with Crippen molar-refractivity contribution in [2.24, 2.45) is 0 Å². The molecule has 0 bridgehead atoms. The lowest BCUT2D eigenvalue weighted by atomic mass is 10.1. The summed E-state index contributed by atoms with van der Waals surface area (Å²) in [5, 5.41) is 7.05. The fraction of sp³-hybridized carbons (Fsp3) is 0.316. The minimum absolute atomic E-state index is 0.115. The lowest BCUT2D eigenvalue weighted by Crippen LogP contribution is -2.39. The van der Waals surface area contributed by atoms with Crippen molar-refractivity contribution in [1.29, 1.82) is 0 Å². The maximum Gasteiger partial charge on any atom is 0.171 e. The highest BCUT2D eigenvalue weighted by atomic mass is 32.1. The van der Waals surface area contributed by atoms with Crippen molar-refractivity contribution in [1.82, 2.24) is 5.32 Å². The SMILES string of the molecule is CCc1ccc(NC(=S)NC(C)COc2ccccc2C)cc1. The number of rotatable bonds is 6. The molecule has 1 atom stereocenters. The predicted octanol–water partition coefficient (Wildman–Crippen LogP) is 4.31. The molecule has 122 valence electrons. The number of benzene rings is 2. The molecule has 23 heavy (non-hydrogen) atoms. The Bertz CT molecular complexity index is 640. The predicted molar refractivity (Wildman–Crippen MR) is 101 cm³/mol. The van der Waals surface area contributed by atoms with Gasteiger partial charge in [-0.3, -0.25) is 0 Å². The first-order valence-electron chi connectivity index (χ1n) is 7.93. The molecule has 2 rings (SSSR count). The summed E-state index contributed by atoms with van der Waals surface area (Å²) < 4.78 is 5.83. The number of para-hydroxylation sites is 1. The molecule has 0 heterocycles. The molecule has 0 saturated carbocycles. The highest BCUT2D eigenvalue weighted by molar-refractivity contribution is 7.80. The van der Waals surface area contributed by atoms with Gasteiger partial charge in [0.2, 0.25) is 0 Å². The van der Waals surface area contributed by atoms with Crippen LogP contribution in [0.5, 0.6) is 5.75 Å². The van der Waals surface area contributed by atoms with Crippen molar-refractivity contribution in [2.75, 3.05) is 11.9 Å². The number of thiocarbonyl (C=S) groups is 1. The fourth-order valence-corrected chi connectivity index (χ4v) is 2.51. The normalized spacial score (nSPS) is 11.6. The van der Waals surface area contributed by atoms with Crippen LogP contribution in [0, 0.1) is 6.92 Å². The second kappa shape index (κ2) is 8.53. The Kier molecular flexibility index (Phi) is 6.41. The lowest BCUT2D eigenvalue weighted by Gasteiger charge is -2.18. The lowest BCUT2D eigenvalue weighted by molar-refractivity contribution is 0.285. The van der Waals surface area contributed by atoms with Gasteiger partial charge in [-0.05, 0) is 61.8 Å². The Morgan fingerprint density at radius 1 is 1.13 bits per heavy atom. The average molecular weight is 328 g/mol. The summed E-state index contributed by atoms with van der Waals surface area (Å²) in [6.07, 6.45) is 1.04. The Morgan fingerprint density at radius 2 is 1.83 bits per heavy atom. The molecule has 0 spiro atoms. The Labute approximate surface area is 144 Å². The molecule has 0 saturated heterocycles. The minimum Gasteiger partial charge on any atom is -0.491 e. The Balaban J connectivity index is 1.79. The van der Waals surface area contributed by atoms with E-state index >= 15 is 0 Å². The minimum atomic E-state index is 0.115. The summed E-state index contributed by atoms with van der Waals surface area (Å²) in [5.41, 5.74) is 3.44. The molecule has 2 aromatic carbocycles. The van der Waals surface area contributed by atoms with Crippen molar-refractivity contribution >= 4 is 23.0 Å². The van der Waals surface area contributed by atoms with Gasteiger partial charge in [-0.1, -0.05) is 37.3 Å². The Morgan fingerprint density at radius 3 is 2.48 bits per heavy atom. The van der Waals surface area contributed by atoms with E-state index in [4.69, 9.17) is 17.0 Å². The van der Waals surface area contributed by atoms with E-state index in [1.165, 1.54) is 5.56 Å². The quantitative estimate of drug-likeness (QED) is 0.774. The van der Waals surface area contributed by atoms with E-state index in [0.717, 1.165) is 23.4 Å². The van der Waals surface area contributed by atoms with Crippen molar-refractivity contribution in [3.8, 4) is 5.75 Å². The largest absolute Gasteiger partial charge is 0.491 e. The van der Waals surface area contributed by atoms with Gasteiger partial charge in [0.15, 0.2) is 5.11 Å². The molecule has 0 amide bonds. The second-order valence-corrected chi connectivity index (χ2v) is 6.03. The van der Waals surface area contributed by atoms with Crippen molar-refractivity contribution < 1.29 is 4.74 Å². The third-order valence-corrected chi connectivity index (χ3v) is 3.80. The summed E-state index contributed by atoms with van der Waals surface area (Å²) in [5.74, 6) is 0.912. The monoisotopic (exact) mass is 328 g/mol. The summed E-state index contributed by atoms with van der Waals surface area (Å²) in [7, 11) is 0. The van der Waals surface area contributed by atoms with Crippen molar-refractivity contribution in [3.63, 3.8) is 0 Å². The van der Waals surface area contributed by atoms with E-state index < -0.39 is 0 Å². The van der Waals surface area contributed by atoms with Crippen molar-refractivity contribution in [3.05, 3.63) is 59.7 Å². The molecule has 0 radical (unpaired) electrons. The van der Waals surface area contributed by atoms with E-state index in [-0.39, 0.29) is 6.04 Å². The first kappa shape index (κ1) is 17.3. The van der Waals surface area contributed by atoms with Gasteiger partial charge >= 0.3 is 0 Å². The van der Waals surface area contributed by atoms with Gasteiger partial charge in [0.1, 0.15) is 12.4 Å². The molecule has 3 nitrogen and oxygen atoms in total. The van der Waals surface area contributed by atoms with Gasteiger partial charge in [0.05, 0.1) is 6.04 Å². The van der Waals surface area contributed by atoms with Crippen LogP contribution in [0.1, 0.15) is 25.0 Å². The Hall–Kier alpha value is -2.07. The average Bonchev–Trinajstić information content (AvgIpc) is 2.54. The van der Waals surface area contributed by atoms with Gasteiger partial charge in [-0.2, -0.15) is 0 Å². The van der Waals surface area contributed by atoms with E-state index in [0.29, 0.717) is 11.7 Å². The zero-order valence-corrected chi connectivity index (χ0v) is 14.7. The molecule has 2 aromatic rings. The molecule has 4 heteroatoms. The van der Waals surface area contributed by atoms with Crippen LogP contribution in [0.3, 0.4) is 0 Å². The number of anilines is 1. The first-order valence-corrected chi connectivity index (χ1v) is 8.34. The zero-order chi connectivity index (χ0) is 16.7. The maximum atomic E-state index is 5.83. The maximum absolute atomic E-state index is 5.83. The molecule has 0 fully saturated rings. The van der Waals surface area contributed by atoms with E-state index in [1.807, 2.05) is 50.2 Å². The van der Waals surface area contributed by atoms with E-state index in [2.05, 4.69) is 29.7 Å². The topological polar surface area (TPSA) is 33.3 Å². The molecule has 1 unspecified atom stereocenters. The first-order chi connectivity index (χ1) is 11.1. The summed E-state index contributed by atoms with van der Waals surface area (Å²) in [4.78, 5) is 0. The van der Waals surface area contributed by atoms with Crippen LogP contribution >= 0.6 is 12.2 Å². The summed E-state index contributed by atoms with van der Waals surface area (Å²) >= 11 is 5.35. The van der Waals surface area contributed by atoms with E-state index in [1.54, 1.807) is 0 Å². The van der Waals surface area contributed by atoms with Crippen LogP contribution < -0.4 is 15.4 Å². The molecule has 0 aliphatic carbocycles. The second-order valence-electron chi connectivity index (χ2n) is 5.63. The number of nitrogens with one attached hydrogen (secondary N) is 2. The highest BCUT2D eigenvalue weighted by Crippen LogP contribution is 2.16. The summed E-state index contributed by atoms with van der Waals surface area (Å²) in [6.45, 7) is 6.79. The molecule has 2 N–H and O–H groups in total. The molecule has 0 aromatic heterocycles. The van der Waals surface area contributed by atoms with Crippen molar-refractivity contribution in [2.45, 2.75) is 33.2 Å². The fourth-order valence-electron chi connectivity index (χ4n) is 2.19. The number of aryl methyl sites for hydroxylation is 2. The smallest absolute Gasteiger partial charge is 0.171 e. The van der Waals surface area contributed by atoms with Gasteiger partial charge < -0.3 is 15.4 Å². The van der Waals surface area contributed by atoms with Gasteiger partial charge in [-0.15, -0.1) is 0 Å². The summed E-state index contributed by atoms with van der Waals surface area (Å²) in [6, 6.07) is 16.4. The van der Waals surface area contributed by atoms with Gasteiger partial charge in [-0.25, -0.2) is 0 Å². The van der Waals surface area contributed by atoms with Gasteiger partial charge in [0.25, 0.3) is 0 Å². The molecular weight excluding hydrogens is 304 g/mol. The molecule has 0 aliphatic heterocycles. The van der Waals surface area contributed by atoms with Crippen LogP contribution in [0.4, 0.5) is 5.69 Å². The molecular formula is C19H24N2OS. The van der Waals surface area contributed by atoms with Crippen LogP contribution in [0.15, 0.2) is 48.5 Å². The van der Waals surface area contributed by atoms with Crippen LogP contribution in [-0.2, 0) is 6.42 Å². The zero-order valence-electron chi connectivity index (χ0n) is 13.9. The standard InChI is InChI=1S/C19H24N2OS/c1-4-16-9-11-17(12-10-16)21-19(23)20-15(3)13-22-18-8-6-5-7-14(18)2/h5-12,15H,4,13H2,1-3H3,(H2,20,21,23). The highest BCUT2D eigenvalue weighted by Gasteiger charge is 2.06. The number of hydrogen-bond donors (Lipinski definition) is 2. The van der Waals surface area contributed by atoms with Crippen LogP contribution in [0.2, 0.25) is 0 Å². The number of ether oxygens (including phenoxy) is 1. The number of hydrogen-bond acceptors (Lipinski definition) is 2.